The van der Waals surface area contributed by atoms with Gasteiger partial charge in [-0.1, -0.05) is 6.92 Å². The van der Waals surface area contributed by atoms with Crippen LogP contribution in [0.25, 0.3) is 0 Å². The lowest BCUT2D eigenvalue weighted by atomic mass is 9.92. The summed E-state index contributed by atoms with van der Waals surface area (Å²) in [5.74, 6) is 0.814. The van der Waals surface area contributed by atoms with Crippen molar-refractivity contribution in [2.75, 3.05) is 19.8 Å². The number of ether oxygens (including phenoxy) is 1. The Kier molecular flexibility index (Phi) is 5.48. The molecule has 1 saturated heterocycles. The smallest absolute Gasteiger partial charge is 0.0701 e. The van der Waals surface area contributed by atoms with E-state index < -0.39 is 0 Å². The summed E-state index contributed by atoms with van der Waals surface area (Å²) < 4.78 is 6.65. The highest BCUT2D eigenvalue weighted by molar-refractivity contribution is 9.11. The van der Waals surface area contributed by atoms with Crippen molar-refractivity contribution >= 4 is 27.3 Å². The second-order valence-corrected chi connectivity index (χ2v) is 7.04. The van der Waals surface area contributed by atoms with Gasteiger partial charge in [0.1, 0.15) is 0 Å². The molecule has 1 aromatic heterocycles. The molecular formula is C13H20BrNOS. The van der Waals surface area contributed by atoms with Crippen LogP contribution in [0.1, 0.15) is 37.1 Å². The largest absolute Gasteiger partial charge is 0.381 e. The van der Waals surface area contributed by atoms with E-state index in [1.165, 1.54) is 27.9 Å². The molecule has 0 aliphatic carbocycles. The van der Waals surface area contributed by atoms with E-state index in [-0.39, 0.29) is 0 Å². The van der Waals surface area contributed by atoms with Crippen LogP contribution in [-0.4, -0.2) is 19.8 Å². The maximum Gasteiger partial charge on any atom is 0.0701 e. The second kappa shape index (κ2) is 6.88. The average molecular weight is 318 g/mol. The van der Waals surface area contributed by atoms with Crippen LogP contribution in [0, 0.1) is 5.92 Å². The van der Waals surface area contributed by atoms with Crippen molar-refractivity contribution in [3.8, 4) is 0 Å². The van der Waals surface area contributed by atoms with Crippen LogP contribution in [0.3, 0.4) is 0 Å². The van der Waals surface area contributed by atoms with E-state index in [1.54, 1.807) is 0 Å². The third-order valence-corrected chi connectivity index (χ3v) is 5.04. The normalized spacial score (nSPS) is 19.4. The Bertz CT molecular complexity index is 336. The van der Waals surface area contributed by atoms with E-state index in [1.807, 2.05) is 11.3 Å². The van der Waals surface area contributed by atoms with E-state index in [0.29, 0.717) is 6.04 Å². The van der Waals surface area contributed by atoms with Gasteiger partial charge in [0.25, 0.3) is 0 Å². The number of thiophene rings is 1. The predicted molar refractivity (Wildman–Crippen MR) is 76.6 cm³/mol. The number of hydrogen-bond acceptors (Lipinski definition) is 3. The molecule has 1 unspecified atom stereocenters. The summed E-state index contributed by atoms with van der Waals surface area (Å²) in [5, 5.41) is 3.61. The third kappa shape index (κ3) is 4.05. The van der Waals surface area contributed by atoms with Gasteiger partial charge >= 0.3 is 0 Å². The molecule has 0 aromatic carbocycles. The second-order valence-electron chi connectivity index (χ2n) is 4.54. The lowest BCUT2D eigenvalue weighted by Gasteiger charge is -2.26. The summed E-state index contributed by atoms with van der Waals surface area (Å²) in [5.41, 5.74) is 0. The zero-order chi connectivity index (χ0) is 12.1. The van der Waals surface area contributed by atoms with Crippen LogP contribution in [0.2, 0.25) is 0 Å². The molecule has 1 aromatic rings. The quantitative estimate of drug-likeness (QED) is 0.887. The molecule has 0 amide bonds. The minimum absolute atomic E-state index is 0.513. The van der Waals surface area contributed by atoms with Gasteiger partial charge in [-0.25, -0.2) is 0 Å². The van der Waals surface area contributed by atoms with Crippen molar-refractivity contribution in [3.63, 3.8) is 0 Å². The first-order valence-electron chi connectivity index (χ1n) is 6.36. The zero-order valence-electron chi connectivity index (χ0n) is 10.2. The fraction of sp³-hybridized carbons (Fsp3) is 0.692. The zero-order valence-corrected chi connectivity index (χ0v) is 12.6. The fourth-order valence-electron chi connectivity index (χ4n) is 2.38. The van der Waals surface area contributed by atoms with Crippen LogP contribution in [0.4, 0.5) is 0 Å². The lowest BCUT2D eigenvalue weighted by Crippen LogP contribution is -2.25. The topological polar surface area (TPSA) is 21.3 Å². The molecule has 4 heteroatoms. The Balaban J connectivity index is 1.96. The lowest BCUT2D eigenvalue weighted by molar-refractivity contribution is 0.0607. The van der Waals surface area contributed by atoms with Crippen LogP contribution in [0.15, 0.2) is 15.9 Å². The molecule has 2 nitrogen and oxygen atoms in total. The number of rotatable bonds is 5. The van der Waals surface area contributed by atoms with Crippen LogP contribution < -0.4 is 5.32 Å². The number of hydrogen-bond donors (Lipinski definition) is 1. The Morgan fingerprint density at radius 2 is 2.24 bits per heavy atom. The van der Waals surface area contributed by atoms with Crippen molar-refractivity contribution in [2.45, 2.75) is 32.2 Å². The Hall–Kier alpha value is 0.1000. The standard InChI is InChI=1S/C13H20BrNOS/c1-2-15-11(12-3-4-13(14)17-12)9-10-5-7-16-8-6-10/h3-4,10-11,15H,2,5-9H2,1H3. The molecule has 1 aliphatic heterocycles. The van der Waals surface area contributed by atoms with Crippen molar-refractivity contribution < 1.29 is 4.74 Å². The van der Waals surface area contributed by atoms with Gasteiger partial charge in [-0.3, -0.25) is 0 Å². The predicted octanol–water partition coefficient (Wildman–Crippen LogP) is 3.98. The van der Waals surface area contributed by atoms with Gasteiger partial charge in [0.2, 0.25) is 0 Å². The number of halogens is 1. The summed E-state index contributed by atoms with van der Waals surface area (Å²) in [6.45, 7) is 5.10. The summed E-state index contributed by atoms with van der Waals surface area (Å²) >= 11 is 5.39. The summed E-state index contributed by atoms with van der Waals surface area (Å²) in [7, 11) is 0. The molecule has 2 heterocycles. The van der Waals surface area contributed by atoms with Gasteiger partial charge in [0.05, 0.1) is 3.79 Å². The highest BCUT2D eigenvalue weighted by atomic mass is 79.9. The SMILES string of the molecule is CCNC(CC1CCOCC1)c1ccc(Br)s1. The highest BCUT2D eigenvalue weighted by Gasteiger charge is 2.20. The molecule has 17 heavy (non-hydrogen) atoms. The minimum Gasteiger partial charge on any atom is -0.381 e. The number of nitrogens with one attached hydrogen (secondary N) is 1. The molecule has 0 bridgehead atoms. The monoisotopic (exact) mass is 317 g/mol. The molecule has 1 atom stereocenters. The van der Waals surface area contributed by atoms with Crippen LogP contribution >= 0.6 is 27.3 Å². The third-order valence-electron chi connectivity index (χ3n) is 3.30. The summed E-state index contributed by atoms with van der Waals surface area (Å²) in [4.78, 5) is 1.45. The Labute approximate surface area is 116 Å². The average Bonchev–Trinajstić information content (AvgIpc) is 2.77. The maximum absolute atomic E-state index is 5.43. The van der Waals surface area contributed by atoms with Gasteiger partial charge < -0.3 is 10.1 Å². The molecular weight excluding hydrogens is 298 g/mol. The summed E-state index contributed by atoms with van der Waals surface area (Å²) in [6, 6.07) is 4.90. The van der Waals surface area contributed by atoms with Crippen molar-refractivity contribution in [1.29, 1.82) is 0 Å². The van der Waals surface area contributed by atoms with Crippen molar-refractivity contribution in [1.82, 2.24) is 5.32 Å². The van der Waals surface area contributed by atoms with Gasteiger partial charge in [-0.2, -0.15) is 0 Å². The van der Waals surface area contributed by atoms with Gasteiger partial charge in [0.15, 0.2) is 0 Å². The van der Waals surface area contributed by atoms with E-state index >= 15 is 0 Å². The van der Waals surface area contributed by atoms with E-state index in [4.69, 9.17) is 4.74 Å². The highest BCUT2D eigenvalue weighted by Crippen LogP contribution is 2.33. The molecule has 1 fully saturated rings. The van der Waals surface area contributed by atoms with Gasteiger partial charge in [-0.05, 0) is 59.8 Å². The van der Waals surface area contributed by atoms with Gasteiger partial charge in [-0.15, -0.1) is 11.3 Å². The van der Waals surface area contributed by atoms with Crippen molar-refractivity contribution in [3.05, 3.63) is 20.8 Å². The summed E-state index contributed by atoms with van der Waals surface area (Å²) in [6.07, 6.45) is 3.67. The van der Waals surface area contributed by atoms with Crippen molar-refractivity contribution in [2.24, 2.45) is 5.92 Å². The van der Waals surface area contributed by atoms with E-state index in [9.17, 15) is 0 Å². The van der Waals surface area contributed by atoms with Crippen LogP contribution in [0.5, 0.6) is 0 Å². The fourth-order valence-corrected chi connectivity index (χ4v) is 3.89. The molecule has 0 spiro atoms. The maximum atomic E-state index is 5.43. The molecule has 1 aliphatic rings. The molecule has 1 N–H and O–H groups in total. The molecule has 0 radical (unpaired) electrons. The Morgan fingerprint density at radius 3 is 2.82 bits per heavy atom. The molecule has 96 valence electrons. The van der Waals surface area contributed by atoms with E-state index in [0.717, 1.165) is 25.7 Å². The van der Waals surface area contributed by atoms with E-state index in [2.05, 4.69) is 40.3 Å². The first-order valence-corrected chi connectivity index (χ1v) is 7.97. The first-order chi connectivity index (χ1) is 8.29. The molecule has 0 saturated carbocycles. The first kappa shape index (κ1) is 13.5. The Morgan fingerprint density at radius 1 is 1.47 bits per heavy atom. The van der Waals surface area contributed by atoms with Gasteiger partial charge in [0, 0.05) is 24.1 Å². The van der Waals surface area contributed by atoms with Crippen LogP contribution in [-0.2, 0) is 4.74 Å². The minimum atomic E-state index is 0.513. The molecule has 2 rings (SSSR count).